The molecule has 2 aromatic carbocycles. The number of ether oxygens (including phenoxy) is 1. The molecule has 0 aromatic heterocycles. The zero-order valence-corrected chi connectivity index (χ0v) is 16.8. The molecule has 0 spiro atoms. The number of hydrogen-bond acceptors (Lipinski definition) is 3. The number of hydrogen-bond donors (Lipinski definition) is 0. The summed E-state index contributed by atoms with van der Waals surface area (Å²) >= 11 is 0. The van der Waals surface area contributed by atoms with Crippen LogP contribution in [0.1, 0.15) is 24.0 Å². The molecule has 0 radical (unpaired) electrons. The van der Waals surface area contributed by atoms with Gasteiger partial charge in [-0.3, -0.25) is 4.90 Å². The minimum Gasteiger partial charge on any atom is -0.466 e. The van der Waals surface area contributed by atoms with Gasteiger partial charge in [-0.25, -0.2) is 4.79 Å². The van der Waals surface area contributed by atoms with E-state index in [0.29, 0.717) is 23.9 Å². The molecule has 4 rings (SSSR count). The number of carbonyl (C=O) groups excluding carboxylic acids is 1. The molecule has 2 aliphatic rings. The van der Waals surface area contributed by atoms with Crippen LogP contribution in [0, 0.1) is 11.8 Å². The first-order valence-electron chi connectivity index (χ1n) is 10.2. The number of rotatable bonds is 5. The van der Waals surface area contributed by atoms with Crippen molar-refractivity contribution in [2.24, 2.45) is 11.8 Å². The summed E-state index contributed by atoms with van der Waals surface area (Å²) in [5, 5.41) is 0. The predicted octanol–water partition coefficient (Wildman–Crippen LogP) is 4.28. The zero-order valence-electron chi connectivity index (χ0n) is 16.8. The molecule has 2 heterocycles. The standard InChI is InChI=1S/C25H29NO2/c1-26-23-15-20(13-18-9-5-3-6-10-18)22(17-25(27)28-2)24(26)16-21(23)14-19-11-7-4-8-12-19/h3-12,17,20-21,23-24H,13-16H2,1-2H3/b22-17+/t20-,21-,23+,24+/m0/s1. The van der Waals surface area contributed by atoms with Crippen LogP contribution in [-0.2, 0) is 22.4 Å². The van der Waals surface area contributed by atoms with Gasteiger partial charge in [0.2, 0.25) is 0 Å². The van der Waals surface area contributed by atoms with E-state index in [1.54, 1.807) is 6.08 Å². The number of esters is 1. The fourth-order valence-electron chi connectivity index (χ4n) is 5.25. The Hall–Kier alpha value is -2.39. The van der Waals surface area contributed by atoms with Crippen molar-refractivity contribution in [2.75, 3.05) is 14.2 Å². The Bertz CT molecular complexity index is 830. The topological polar surface area (TPSA) is 29.5 Å². The summed E-state index contributed by atoms with van der Waals surface area (Å²) in [6.45, 7) is 0. The molecule has 2 fully saturated rings. The van der Waals surface area contributed by atoms with Crippen LogP contribution in [-0.4, -0.2) is 37.1 Å². The first-order valence-corrected chi connectivity index (χ1v) is 10.2. The Labute approximate surface area is 168 Å². The van der Waals surface area contributed by atoms with Crippen molar-refractivity contribution in [3.05, 3.63) is 83.4 Å². The Kier molecular flexibility index (Phi) is 5.63. The van der Waals surface area contributed by atoms with E-state index in [0.717, 1.165) is 25.7 Å². The van der Waals surface area contributed by atoms with E-state index in [1.165, 1.54) is 23.8 Å². The summed E-state index contributed by atoms with van der Waals surface area (Å²) in [6.07, 6.45) is 6.08. The van der Waals surface area contributed by atoms with Crippen LogP contribution in [0.25, 0.3) is 0 Å². The van der Waals surface area contributed by atoms with E-state index in [4.69, 9.17) is 4.74 Å². The molecule has 2 aliphatic heterocycles. The minimum absolute atomic E-state index is 0.230. The second kappa shape index (κ2) is 8.32. The molecule has 2 saturated heterocycles. The van der Waals surface area contributed by atoms with Crippen LogP contribution in [0.5, 0.6) is 0 Å². The largest absolute Gasteiger partial charge is 0.466 e. The van der Waals surface area contributed by atoms with Crippen LogP contribution < -0.4 is 0 Å². The molecule has 28 heavy (non-hydrogen) atoms. The predicted molar refractivity (Wildman–Crippen MR) is 112 cm³/mol. The number of fused-ring (bicyclic) bond motifs is 2. The minimum atomic E-state index is -0.230. The van der Waals surface area contributed by atoms with Gasteiger partial charge in [0, 0.05) is 18.2 Å². The zero-order chi connectivity index (χ0) is 19.5. The van der Waals surface area contributed by atoms with Gasteiger partial charge in [-0.15, -0.1) is 0 Å². The van der Waals surface area contributed by atoms with Gasteiger partial charge in [-0.1, -0.05) is 60.7 Å². The normalized spacial score (nSPS) is 28.4. The third-order valence-corrected chi connectivity index (χ3v) is 6.62. The second-order valence-electron chi connectivity index (χ2n) is 8.22. The molecule has 0 aliphatic carbocycles. The van der Waals surface area contributed by atoms with Crippen LogP contribution in [0.15, 0.2) is 72.3 Å². The Morgan fingerprint density at radius 2 is 1.61 bits per heavy atom. The molecular formula is C25H29NO2. The Balaban J connectivity index is 1.60. The SMILES string of the molecule is COC(=O)/C=C1\[C@@H](Cc2ccccc2)C[C@@H]2[C@@H](Cc3ccccc3)C[C@H]1N2C. The number of methoxy groups -OCH3 is 1. The van der Waals surface area contributed by atoms with Crippen molar-refractivity contribution in [1.82, 2.24) is 4.90 Å². The molecule has 0 saturated carbocycles. The molecule has 0 N–H and O–H groups in total. The summed E-state index contributed by atoms with van der Waals surface area (Å²) in [6, 6.07) is 22.3. The molecular weight excluding hydrogens is 346 g/mol. The number of piperidine rings is 1. The fraction of sp³-hybridized carbons (Fsp3) is 0.400. The van der Waals surface area contributed by atoms with Crippen LogP contribution in [0.4, 0.5) is 0 Å². The van der Waals surface area contributed by atoms with Crippen molar-refractivity contribution in [3.8, 4) is 0 Å². The van der Waals surface area contributed by atoms with E-state index in [-0.39, 0.29) is 5.97 Å². The number of likely N-dealkylation sites (N-methyl/N-ethyl adjacent to an activating group) is 1. The maximum absolute atomic E-state index is 12.1. The van der Waals surface area contributed by atoms with Gasteiger partial charge < -0.3 is 4.74 Å². The maximum atomic E-state index is 12.1. The molecule has 146 valence electrons. The van der Waals surface area contributed by atoms with Crippen LogP contribution in [0.2, 0.25) is 0 Å². The van der Waals surface area contributed by atoms with Gasteiger partial charge in [0.05, 0.1) is 7.11 Å². The highest BCUT2D eigenvalue weighted by Gasteiger charge is 2.47. The van der Waals surface area contributed by atoms with Gasteiger partial charge in [0.1, 0.15) is 0 Å². The molecule has 2 aromatic rings. The Morgan fingerprint density at radius 1 is 1.00 bits per heavy atom. The van der Waals surface area contributed by atoms with Crippen LogP contribution in [0.3, 0.4) is 0 Å². The number of carbonyl (C=O) groups is 1. The average Bonchev–Trinajstić information content (AvgIpc) is 2.93. The highest BCUT2D eigenvalue weighted by molar-refractivity contribution is 5.83. The molecule has 0 unspecified atom stereocenters. The quantitative estimate of drug-likeness (QED) is 0.577. The summed E-state index contributed by atoms with van der Waals surface area (Å²) in [5.41, 5.74) is 4.00. The molecule has 0 amide bonds. The highest BCUT2D eigenvalue weighted by atomic mass is 16.5. The first kappa shape index (κ1) is 18.9. The Morgan fingerprint density at radius 3 is 2.21 bits per heavy atom. The van der Waals surface area contributed by atoms with Gasteiger partial charge >= 0.3 is 5.97 Å². The van der Waals surface area contributed by atoms with Crippen molar-refractivity contribution in [3.63, 3.8) is 0 Å². The summed E-state index contributed by atoms with van der Waals surface area (Å²) in [5.74, 6) is 0.791. The third-order valence-electron chi connectivity index (χ3n) is 6.62. The van der Waals surface area contributed by atoms with E-state index >= 15 is 0 Å². The third kappa shape index (κ3) is 3.90. The van der Waals surface area contributed by atoms with E-state index < -0.39 is 0 Å². The van der Waals surface area contributed by atoms with Crippen molar-refractivity contribution in [2.45, 2.75) is 37.8 Å². The molecule has 3 nitrogen and oxygen atoms in total. The van der Waals surface area contributed by atoms with E-state index in [9.17, 15) is 4.79 Å². The maximum Gasteiger partial charge on any atom is 0.330 e. The summed E-state index contributed by atoms with van der Waals surface area (Å²) < 4.78 is 4.98. The summed E-state index contributed by atoms with van der Waals surface area (Å²) in [7, 11) is 3.69. The van der Waals surface area contributed by atoms with E-state index in [2.05, 4.69) is 72.6 Å². The van der Waals surface area contributed by atoms with Gasteiger partial charge in [-0.2, -0.15) is 0 Å². The lowest BCUT2D eigenvalue weighted by Crippen LogP contribution is -2.44. The lowest BCUT2D eigenvalue weighted by molar-refractivity contribution is -0.135. The summed E-state index contributed by atoms with van der Waals surface area (Å²) in [4.78, 5) is 14.6. The van der Waals surface area contributed by atoms with Gasteiger partial charge in [-0.05, 0) is 61.3 Å². The highest BCUT2D eigenvalue weighted by Crippen LogP contribution is 2.46. The van der Waals surface area contributed by atoms with Crippen LogP contribution >= 0.6 is 0 Å². The lowest BCUT2D eigenvalue weighted by Gasteiger charge is -2.39. The first-order chi connectivity index (χ1) is 13.7. The molecule has 3 heteroatoms. The average molecular weight is 376 g/mol. The van der Waals surface area contributed by atoms with Gasteiger partial charge in [0.25, 0.3) is 0 Å². The van der Waals surface area contributed by atoms with E-state index in [1.807, 2.05) is 0 Å². The number of benzene rings is 2. The van der Waals surface area contributed by atoms with Crippen molar-refractivity contribution >= 4 is 5.97 Å². The van der Waals surface area contributed by atoms with Crippen molar-refractivity contribution < 1.29 is 9.53 Å². The lowest BCUT2D eigenvalue weighted by atomic mass is 9.80. The smallest absolute Gasteiger partial charge is 0.330 e. The second-order valence-corrected chi connectivity index (χ2v) is 8.22. The van der Waals surface area contributed by atoms with Crippen molar-refractivity contribution in [1.29, 1.82) is 0 Å². The fourth-order valence-corrected chi connectivity index (χ4v) is 5.25. The monoisotopic (exact) mass is 375 g/mol. The molecule has 4 atom stereocenters. The van der Waals surface area contributed by atoms with Gasteiger partial charge in [0.15, 0.2) is 0 Å². The molecule has 2 bridgehead atoms. The number of nitrogens with zero attached hydrogens (tertiary/aromatic N) is 1.